The summed E-state index contributed by atoms with van der Waals surface area (Å²) >= 11 is 1.85. The van der Waals surface area contributed by atoms with Crippen molar-refractivity contribution in [3.8, 4) is 0 Å². The molecule has 0 amide bonds. The predicted octanol–water partition coefficient (Wildman–Crippen LogP) is 2.41. The molecule has 2 aromatic heterocycles. The highest BCUT2D eigenvalue weighted by Crippen LogP contribution is 2.17. The zero-order valence-corrected chi connectivity index (χ0v) is 10.5. The Bertz CT molecular complexity index is 445. The second kappa shape index (κ2) is 5.27. The minimum atomic E-state index is 0.880. The fourth-order valence-electron chi connectivity index (χ4n) is 1.56. The first-order chi connectivity index (χ1) is 7.78. The van der Waals surface area contributed by atoms with E-state index in [0.29, 0.717) is 0 Å². The van der Waals surface area contributed by atoms with Crippen LogP contribution in [0.5, 0.6) is 0 Å². The number of aryl methyl sites for hydroxylation is 1. The van der Waals surface area contributed by atoms with E-state index in [9.17, 15) is 0 Å². The third kappa shape index (κ3) is 2.93. The number of nitrogens with zero attached hydrogens (tertiary/aromatic N) is 2. The standard InChI is InChI=1S/C12H17N3S/c1-3-13-8-11-4-5-12(16-11)9-15-7-6-10(2)14-15/h4-7,13H,3,8-9H2,1-2H3. The van der Waals surface area contributed by atoms with E-state index >= 15 is 0 Å². The lowest BCUT2D eigenvalue weighted by Crippen LogP contribution is -2.10. The third-order valence-electron chi connectivity index (χ3n) is 2.36. The zero-order chi connectivity index (χ0) is 11.4. The van der Waals surface area contributed by atoms with Crippen LogP contribution >= 0.6 is 11.3 Å². The van der Waals surface area contributed by atoms with E-state index in [1.165, 1.54) is 9.75 Å². The number of aromatic nitrogens is 2. The first-order valence-corrected chi connectivity index (χ1v) is 6.38. The molecule has 3 nitrogen and oxygen atoms in total. The molecule has 1 N–H and O–H groups in total. The summed E-state index contributed by atoms with van der Waals surface area (Å²) in [5.74, 6) is 0. The number of thiophene rings is 1. The van der Waals surface area contributed by atoms with Crippen molar-refractivity contribution in [3.05, 3.63) is 39.8 Å². The fourth-order valence-corrected chi connectivity index (χ4v) is 2.54. The maximum absolute atomic E-state index is 4.39. The molecule has 0 bridgehead atoms. The van der Waals surface area contributed by atoms with Gasteiger partial charge in [-0.2, -0.15) is 5.10 Å². The van der Waals surface area contributed by atoms with Crippen molar-refractivity contribution in [3.63, 3.8) is 0 Å². The average Bonchev–Trinajstić information content (AvgIpc) is 2.86. The van der Waals surface area contributed by atoms with Crippen molar-refractivity contribution in [2.75, 3.05) is 6.54 Å². The lowest BCUT2D eigenvalue weighted by Gasteiger charge is -1.98. The highest BCUT2D eigenvalue weighted by molar-refractivity contribution is 7.11. The number of nitrogens with one attached hydrogen (secondary N) is 1. The van der Waals surface area contributed by atoms with E-state index in [0.717, 1.165) is 25.3 Å². The molecule has 0 atom stereocenters. The Morgan fingerprint density at radius 3 is 2.81 bits per heavy atom. The van der Waals surface area contributed by atoms with Crippen molar-refractivity contribution in [1.82, 2.24) is 15.1 Å². The Kier molecular flexibility index (Phi) is 3.74. The van der Waals surface area contributed by atoms with Crippen molar-refractivity contribution >= 4 is 11.3 Å². The molecule has 2 rings (SSSR count). The molecule has 0 spiro atoms. The van der Waals surface area contributed by atoms with Gasteiger partial charge in [0.1, 0.15) is 0 Å². The smallest absolute Gasteiger partial charge is 0.0752 e. The molecule has 0 radical (unpaired) electrons. The van der Waals surface area contributed by atoms with Crippen LogP contribution in [0, 0.1) is 6.92 Å². The lowest BCUT2D eigenvalue weighted by molar-refractivity contribution is 0.687. The number of hydrogen-bond acceptors (Lipinski definition) is 3. The highest BCUT2D eigenvalue weighted by Gasteiger charge is 2.01. The van der Waals surface area contributed by atoms with Crippen LogP contribution in [0.25, 0.3) is 0 Å². The monoisotopic (exact) mass is 235 g/mol. The fraction of sp³-hybridized carbons (Fsp3) is 0.417. The van der Waals surface area contributed by atoms with Gasteiger partial charge in [0, 0.05) is 22.5 Å². The van der Waals surface area contributed by atoms with Gasteiger partial charge in [-0.3, -0.25) is 4.68 Å². The van der Waals surface area contributed by atoms with E-state index in [1.54, 1.807) is 0 Å². The van der Waals surface area contributed by atoms with Gasteiger partial charge in [-0.1, -0.05) is 6.92 Å². The largest absolute Gasteiger partial charge is 0.312 e. The Morgan fingerprint density at radius 2 is 2.12 bits per heavy atom. The van der Waals surface area contributed by atoms with E-state index < -0.39 is 0 Å². The minimum Gasteiger partial charge on any atom is -0.312 e. The zero-order valence-electron chi connectivity index (χ0n) is 9.73. The van der Waals surface area contributed by atoms with Gasteiger partial charge < -0.3 is 5.32 Å². The lowest BCUT2D eigenvalue weighted by atomic mass is 10.4. The third-order valence-corrected chi connectivity index (χ3v) is 3.43. The Balaban J connectivity index is 1.97. The molecule has 2 heterocycles. The number of rotatable bonds is 5. The molecule has 0 aromatic carbocycles. The topological polar surface area (TPSA) is 29.9 Å². The molecule has 86 valence electrons. The van der Waals surface area contributed by atoms with Crippen LogP contribution in [-0.2, 0) is 13.1 Å². The quantitative estimate of drug-likeness (QED) is 0.862. The van der Waals surface area contributed by atoms with Gasteiger partial charge in [0.25, 0.3) is 0 Å². The summed E-state index contributed by atoms with van der Waals surface area (Å²) in [5, 5.41) is 7.72. The molecule has 0 unspecified atom stereocenters. The first-order valence-electron chi connectivity index (χ1n) is 5.56. The summed E-state index contributed by atoms with van der Waals surface area (Å²) in [6.45, 7) is 7.01. The molecule has 0 aliphatic heterocycles. The molecule has 0 fully saturated rings. The average molecular weight is 235 g/mol. The van der Waals surface area contributed by atoms with Crippen LogP contribution in [0.1, 0.15) is 22.4 Å². The van der Waals surface area contributed by atoms with Gasteiger partial charge in [-0.05, 0) is 31.7 Å². The van der Waals surface area contributed by atoms with Gasteiger partial charge in [-0.25, -0.2) is 0 Å². The van der Waals surface area contributed by atoms with Crippen LogP contribution in [0.15, 0.2) is 24.4 Å². The van der Waals surface area contributed by atoms with Crippen molar-refractivity contribution in [2.45, 2.75) is 26.9 Å². The van der Waals surface area contributed by atoms with Crippen molar-refractivity contribution in [2.24, 2.45) is 0 Å². The van der Waals surface area contributed by atoms with Crippen LogP contribution < -0.4 is 5.32 Å². The summed E-state index contributed by atoms with van der Waals surface area (Å²) in [6, 6.07) is 6.42. The van der Waals surface area contributed by atoms with Gasteiger partial charge >= 0.3 is 0 Å². The molecule has 0 aliphatic rings. The van der Waals surface area contributed by atoms with E-state index in [1.807, 2.05) is 35.2 Å². The highest BCUT2D eigenvalue weighted by atomic mass is 32.1. The van der Waals surface area contributed by atoms with Crippen LogP contribution in [0.3, 0.4) is 0 Å². The molecular formula is C12H17N3S. The predicted molar refractivity (Wildman–Crippen MR) is 67.8 cm³/mol. The van der Waals surface area contributed by atoms with E-state index in [4.69, 9.17) is 0 Å². The van der Waals surface area contributed by atoms with Crippen molar-refractivity contribution < 1.29 is 0 Å². The van der Waals surface area contributed by atoms with E-state index in [-0.39, 0.29) is 0 Å². The Morgan fingerprint density at radius 1 is 1.31 bits per heavy atom. The normalized spacial score (nSPS) is 10.9. The molecule has 0 saturated carbocycles. The van der Waals surface area contributed by atoms with Gasteiger partial charge in [-0.15, -0.1) is 11.3 Å². The minimum absolute atomic E-state index is 0.880. The summed E-state index contributed by atoms with van der Waals surface area (Å²) in [4.78, 5) is 2.75. The first kappa shape index (κ1) is 11.4. The molecule has 0 aliphatic carbocycles. The molecule has 4 heteroatoms. The van der Waals surface area contributed by atoms with Crippen LogP contribution in [0.4, 0.5) is 0 Å². The second-order valence-electron chi connectivity index (χ2n) is 3.80. The van der Waals surface area contributed by atoms with Crippen molar-refractivity contribution in [1.29, 1.82) is 0 Å². The Labute approximate surface area is 100 Å². The maximum atomic E-state index is 4.39. The summed E-state index contributed by atoms with van der Waals surface area (Å²) < 4.78 is 1.98. The second-order valence-corrected chi connectivity index (χ2v) is 5.06. The summed E-state index contributed by atoms with van der Waals surface area (Å²) in [7, 11) is 0. The van der Waals surface area contributed by atoms with E-state index in [2.05, 4.69) is 29.5 Å². The molecular weight excluding hydrogens is 218 g/mol. The van der Waals surface area contributed by atoms with Crippen LogP contribution in [0.2, 0.25) is 0 Å². The number of hydrogen-bond donors (Lipinski definition) is 1. The van der Waals surface area contributed by atoms with Gasteiger partial charge in [0.15, 0.2) is 0 Å². The Hall–Kier alpha value is -1.13. The maximum Gasteiger partial charge on any atom is 0.0752 e. The molecule has 2 aromatic rings. The van der Waals surface area contributed by atoms with Gasteiger partial charge in [0.05, 0.1) is 12.2 Å². The molecule has 16 heavy (non-hydrogen) atoms. The summed E-state index contributed by atoms with van der Waals surface area (Å²) in [6.07, 6.45) is 2.03. The summed E-state index contributed by atoms with van der Waals surface area (Å²) in [5.41, 5.74) is 1.07. The SMILES string of the molecule is CCNCc1ccc(Cn2ccc(C)n2)s1. The molecule has 0 saturated heterocycles. The van der Waals surface area contributed by atoms with Gasteiger partial charge in [0.2, 0.25) is 0 Å². The van der Waals surface area contributed by atoms with Crippen LogP contribution in [-0.4, -0.2) is 16.3 Å².